The summed E-state index contributed by atoms with van der Waals surface area (Å²) in [5.41, 5.74) is 2.74. The maximum absolute atomic E-state index is 5.64. The van der Waals surface area contributed by atoms with E-state index in [2.05, 4.69) is 49.9 Å². The molecule has 2 heteroatoms. The highest BCUT2D eigenvalue weighted by Crippen LogP contribution is 2.15. The molecule has 0 spiro atoms. The largest absolute Gasteiger partial charge is 0.376 e. The van der Waals surface area contributed by atoms with E-state index in [1.807, 2.05) is 0 Å². The molecule has 0 aliphatic carbocycles. The molecule has 0 aromatic heterocycles. The normalized spacial score (nSPS) is 26.9. The van der Waals surface area contributed by atoms with Crippen molar-refractivity contribution in [2.45, 2.75) is 39.5 Å². The lowest BCUT2D eigenvalue weighted by atomic mass is 10.1. The number of rotatable bonds is 2. The van der Waals surface area contributed by atoms with Gasteiger partial charge in [0, 0.05) is 19.1 Å². The molecule has 1 saturated heterocycles. The molecular weight excluding hydrogens is 198 g/mol. The summed E-state index contributed by atoms with van der Waals surface area (Å²) in [7, 11) is 0. The Balaban J connectivity index is 2.02. The van der Waals surface area contributed by atoms with Crippen LogP contribution in [0, 0.1) is 6.92 Å². The second-order valence-electron chi connectivity index (χ2n) is 4.91. The quantitative estimate of drug-likeness (QED) is 0.758. The van der Waals surface area contributed by atoms with Gasteiger partial charge in [0.1, 0.15) is 0 Å². The summed E-state index contributed by atoms with van der Waals surface area (Å²) in [6.07, 6.45) is 0.362. The van der Waals surface area contributed by atoms with Crippen molar-refractivity contribution in [2.75, 3.05) is 13.2 Å². The molecular formula is C14H21NO. The predicted molar refractivity (Wildman–Crippen MR) is 66.5 cm³/mol. The summed E-state index contributed by atoms with van der Waals surface area (Å²) in [5.74, 6) is 0. The molecule has 0 amide bonds. The van der Waals surface area contributed by atoms with Crippen LogP contribution in [0.4, 0.5) is 0 Å². The van der Waals surface area contributed by atoms with E-state index in [0.717, 1.165) is 19.7 Å². The molecule has 1 aliphatic rings. The topological polar surface area (TPSA) is 12.5 Å². The molecule has 0 saturated carbocycles. The van der Waals surface area contributed by atoms with Crippen molar-refractivity contribution in [3.63, 3.8) is 0 Å². The van der Waals surface area contributed by atoms with Crippen molar-refractivity contribution in [1.29, 1.82) is 0 Å². The Morgan fingerprint density at radius 1 is 1.38 bits per heavy atom. The van der Waals surface area contributed by atoms with E-state index in [4.69, 9.17) is 4.74 Å². The van der Waals surface area contributed by atoms with Gasteiger partial charge in [-0.15, -0.1) is 0 Å². The summed E-state index contributed by atoms with van der Waals surface area (Å²) < 4.78 is 5.64. The van der Waals surface area contributed by atoms with Gasteiger partial charge in [-0.25, -0.2) is 0 Å². The van der Waals surface area contributed by atoms with Gasteiger partial charge < -0.3 is 4.74 Å². The molecule has 2 rings (SSSR count). The molecule has 88 valence electrons. The van der Waals surface area contributed by atoms with Crippen LogP contribution in [0.5, 0.6) is 0 Å². The molecule has 1 fully saturated rings. The van der Waals surface area contributed by atoms with Gasteiger partial charge in [-0.2, -0.15) is 0 Å². The van der Waals surface area contributed by atoms with Gasteiger partial charge in [-0.3, -0.25) is 4.90 Å². The molecule has 1 heterocycles. The summed E-state index contributed by atoms with van der Waals surface area (Å²) in [4.78, 5) is 2.50. The van der Waals surface area contributed by atoms with Gasteiger partial charge in [0.2, 0.25) is 0 Å². The van der Waals surface area contributed by atoms with E-state index in [1.165, 1.54) is 11.1 Å². The molecule has 1 aliphatic heterocycles. The maximum Gasteiger partial charge on any atom is 0.0674 e. The van der Waals surface area contributed by atoms with Gasteiger partial charge >= 0.3 is 0 Å². The Hall–Kier alpha value is -0.860. The van der Waals surface area contributed by atoms with Crippen LogP contribution < -0.4 is 0 Å². The highest BCUT2D eigenvalue weighted by Gasteiger charge is 2.23. The van der Waals surface area contributed by atoms with Crippen molar-refractivity contribution < 1.29 is 4.74 Å². The average molecular weight is 219 g/mol. The summed E-state index contributed by atoms with van der Waals surface area (Å²) in [6.45, 7) is 9.46. The lowest BCUT2D eigenvalue weighted by Crippen LogP contribution is -2.46. The highest BCUT2D eigenvalue weighted by atomic mass is 16.5. The summed E-state index contributed by atoms with van der Waals surface area (Å²) >= 11 is 0. The third-order valence-corrected chi connectivity index (χ3v) is 3.21. The Labute approximate surface area is 98.2 Å². The van der Waals surface area contributed by atoms with Crippen LogP contribution in [-0.4, -0.2) is 30.2 Å². The zero-order chi connectivity index (χ0) is 11.5. The monoisotopic (exact) mass is 219 g/mol. The number of nitrogens with zero attached hydrogens (tertiary/aromatic N) is 1. The van der Waals surface area contributed by atoms with Crippen LogP contribution >= 0.6 is 0 Å². The maximum atomic E-state index is 5.64. The Bertz CT molecular complexity index is 350. The van der Waals surface area contributed by atoms with Crippen LogP contribution in [-0.2, 0) is 11.3 Å². The minimum Gasteiger partial charge on any atom is -0.376 e. The molecule has 0 N–H and O–H groups in total. The van der Waals surface area contributed by atoms with E-state index in [0.29, 0.717) is 12.1 Å². The van der Waals surface area contributed by atoms with E-state index in [1.54, 1.807) is 0 Å². The van der Waals surface area contributed by atoms with Crippen LogP contribution in [0.25, 0.3) is 0 Å². The standard InChI is InChI=1S/C14H21NO/c1-11-5-4-6-14(7-11)9-15-8-13(3)16-10-12(15)2/h4-7,12-13H,8-10H2,1-3H3. The molecule has 1 aromatic carbocycles. The van der Waals surface area contributed by atoms with Crippen molar-refractivity contribution in [1.82, 2.24) is 4.90 Å². The van der Waals surface area contributed by atoms with Crippen LogP contribution in [0.3, 0.4) is 0 Å². The minimum absolute atomic E-state index is 0.362. The number of hydrogen-bond acceptors (Lipinski definition) is 2. The van der Waals surface area contributed by atoms with Gasteiger partial charge in [0.15, 0.2) is 0 Å². The smallest absolute Gasteiger partial charge is 0.0674 e. The Kier molecular flexibility index (Phi) is 3.62. The van der Waals surface area contributed by atoms with Gasteiger partial charge in [-0.05, 0) is 26.3 Å². The summed E-state index contributed by atoms with van der Waals surface area (Å²) in [5, 5.41) is 0. The summed E-state index contributed by atoms with van der Waals surface area (Å²) in [6, 6.07) is 9.29. The molecule has 2 nitrogen and oxygen atoms in total. The van der Waals surface area contributed by atoms with E-state index in [9.17, 15) is 0 Å². The molecule has 2 unspecified atom stereocenters. The number of morpholine rings is 1. The molecule has 1 aromatic rings. The van der Waals surface area contributed by atoms with Gasteiger partial charge in [-0.1, -0.05) is 29.8 Å². The van der Waals surface area contributed by atoms with Crippen LogP contribution in [0.15, 0.2) is 24.3 Å². The van der Waals surface area contributed by atoms with Crippen molar-refractivity contribution >= 4 is 0 Å². The van der Waals surface area contributed by atoms with Crippen molar-refractivity contribution in [3.05, 3.63) is 35.4 Å². The molecule has 16 heavy (non-hydrogen) atoms. The first-order valence-corrected chi connectivity index (χ1v) is 6.06. The number of hydrogen-bond donors (Lipinski definition) is 0. The number of benzene rings is 1. The van der Waals surface area contributed by atoms with Crippen molar-refractivity contribution in [3.8, 4) is 0 Å². The first-order valence-electron chi connectivity index (χ1n) is 6.06. The SMILES string of the molecule is Cc1cccc(CN2CC(C)OCC2C)c1. The van der Waals surface area contributed by atoms with E-state index < -0.39 is 0 Å². The minimum atomic E-state index is 0.362. The first-order chi connectivity index (χ1) is 7.65. The van der Waals surface area contributed by atoms with E-state index >= 15 is 0 Å². The first kappa shape index (κ1) is 11.6. The molecule has 0 radical (unpaired) electrons. The predicted octanol–water partition coefficient (Wildman–Crippen LogP) is 2.60. The zero-order valence-electron chi connectivity index (χ0n) is 10.4. The Morgan fingerprint density at radius 2 is 2.19 bits per heavy atom. The third-order valence-electron chi connectivity index (χ3n) is 3.21. The van der Waals surface area contributed by atoms with Gasteiger partial charge in [0.05, 0.1) is 12.7 Å². The average Bonchev–Trinajstić information content (AvgIpc) is 2.24. The van der Waals surface area contributed by atoms with Crippen LogP contribution in [0.1, 0.15) is 25.0 Å². The van der Waals surface area contributed by atoms with Crippen molar-refractivity contribution in [2.24, 2.45) is 0 Å². The fourth-order valence-electron chi connectivity index (χ4n) is 2.24. The molecule has 2 atom stereocenters. The second kappa shape index (κ2) is 4.98. The second-order valence-corrected chi connectivity index (χ2v) is 4.91. The van der Waals surface area contributed by atoms with E-state index in [-0.39, 0.29) is 0 Å². The van der Waals surface area contributed by atoms with Crippen LogP contribution in [0.2, 0.25) is 0 Å². The number of aryl methyl sites for hydroxylation is 1. The third kappa shape index (κ3) is 2.83. The lowest BCUT2D eigenvalue weighted by molar-refractivity contribution is -0.0526. The Morgan fingerprint density at radius 3 is 2.94 bits per heavy atom. The lowest BCUT2D eigenvalue weighted by Gasteiger charge is -2.36. The highest BCUT2D eigenvalue weighted by molar-refractivity contribution is 5.22. The zero-order valence-corrected chi connectivity index (χ0v) is 10.4. The van der Waals surface area contributed by atoms with Gasteiger partial charge in [0.25, 0.3) is 0 Å². The number of ether oxygens (including phenoxy) is 1. The fraction of sp³-hybridized carbons (Fsp3) is 0.571. The fourth-order valence-corrected chi connectivity index (χ4v) is 2.24. The molecule has 0 bridgehead atoms.